The second-order valence-corrected chi connectivity index (χ2v) is 2.90. The van der Waals surface area contributed by atoms with E-state index in [0.717, 1.165) is 0 Å². The van der Waals surface area contributed by atoms with Gasteiger partial charge in [0.15, 0.2) is 0 Å². The van der Waals surface area contributed by atoms with Gasteiger partial charge in [-0.1, -0.05) is 0 Å². The van der Waals surface area contributed by atoms with Gasteiger partial charge in [-0.15, -0.1) is 12.4 Å². The van der Waals surface area contributed by atoms with Gasteiger partial charge in [-0.25, -0.2) is 0 Å². The molecule has 1 amide bonds. The maximum atomic E-state index is 11.7. The highest BCUT2D eigenvalue weighted by molar-refractivity contribution is 5.85. The van der Waals surface area contributed by atoms with Crippen LogP contribution in [0.3, 0.4) is 0 Å². The van der Waals surface area contributed by atoms with E-state index in [1.54, 1.807) is 5.32 Å². The fourth-order valence-electron chi connectivity index (χ4n) is 1.06. The van der Waals surface area contributed by atoms with Crippen molar-refractivity contribution in [1.82, 2.24) is 10.6 Å². The molecule has 0 spiro atoms. The number of nitrogens with one attached hydrogen (secondary N) is 2. The molecule has 15 heavy (non-hydrogen) atoms. The Morgan fingerprint density at radius 3 is 2.67 bits per heavy atom. The van der Waals surface area contributed by atoms with E-state index in [2.05, 4.69) is 5.32 Å². The van der Waals surface area contributed by atoms with E-state index >= 15 is 0 Å². The molecule has 1 aliphatic rings. The zero-order valence-corrected chi connectivity index (χ0v) is 8.58. The Bertz CT molecular complexity index is 207. The lowest BCUT2D eigenvalue weighted by atomic mass is 10.3. The predicted molar refractivity (Wildman–Crippen MR) is 48.9 cm³/mol. The van der Waals surface area contributed by atoms with Crippen molar-refractivity contribution in [2.75, 3.05) is 26.2 Å². The second-order valence-electron chi connectivity index (χ2n) is 2.90. The molecule has 1 aliphatic heterocycles. The third kappa shape index (κ3) is 5.19. The van der Waals surface area contributed by atoms with Gasteiger partial charge in [0.05, 0.1) is 12.7 Å². The zero-order chi connectivity index (χ0) is 10.6. The quantitative estimate of drug-likeness (QED) is 0.728. The van der Waals surface area contributed by atoms with Gasteiger partial charge in [0.2, 0.25) is 0 Å². The lowest BCUT2D eigenvalue weighted by molar-refractivity contribution is -0.174. The first-order chi connectivity index (χ1) is 6.50. The number of alkyl halides is 3. The van der Waals surface area contributed by atoms with Crippen LogP contribution in [0.1, 0.15) is 0 Å². The Kier molecular flexibility index (Phi) is 5.92. The van der Waals surface area contributed by atoms with Gasteiger partial charge < -0.3 is 15.4 Å². The molecule has 0 aromatic rings. The molecule has 0 bridgehead atoms. The molecule has 0 radical (unpaired) electrons. The summed E-state index contributed by atoms with van der Waals surface area (Å²) in [6.45, 7) is 1.47. The van der Waals surface area contributed by atoms with Crippen molar-refractivity contribution < 1.29 is 22.7 Å². The zero-order valence-electron chi connectivity index (χ0n) is 7.76. The van der Waals surface area contributed by atoms with E-state index in [1.807, 2.05) is 0 Å². The van der Waals surface area contributed by atoms with Crippen molar-refractivity contribution in [3.63, 3.8) is 0 Å². The van der Waals surface area contributed by atoms with Crippen LogP contribution in [-0.4, -0.2) is 44.4 Å². The highest BCUT2D eigenvalue weighted by Crippen LogP contribution is 2.13. The molecule has 1 saturated heterocycles. The molecule has 1 rings (SSSR count). The second kappa shape index (κ2) is 6.14. The minimum Gasteiger partial charge on any atom is -0.374 e. The lowest BCUT2D eigenvalue weighted by Crippen LogP contribution is -2.47. The summed E-state index contributed by atoms with van der Waals surface area (Å²) >= 11 is 0. The molecule has 1 atom stereocenters. The third-order valence-electron chi connectivity index (χ3n) is 1.75. The first-order valence-corrected chi connectivity index (χ1v) is 4.17. The number of ether oxygens (including phenoxy) is 1. The van der Waals surface area contributed by atoms with Gasteiger partial charge in [-0.3, -0.25) is 4.79 Å². The molecule has 0 aliphatic carbocycles. The van der Waals surface area contributed by atoms with Gasteiger partial charge in [0, 0.05) is 19.6 Å². The first-order valence-electron chi connectivity index (χ1n) is 4.17. The number of carbonyl (C=O) groups excluding carboxylic acids is 1. The first kappa shape index (κ1) is 14.5. The maximum Gasteiger partial charge on any atom is 0.471 e. The van der Waals surface area contributed by atoms with E-state index in [1.165, 1.54) is 0 Å². The summed E-state index contributed by atoms with van der Waals surface area (Å²) in [4.78, 5) is 10.4. The van der Waals surface area contributed by atoms with Crippen molar-refractivity contribution in [2.45, 2.75) is 12.3 Å². The van der Waals surface area contributed by atoms with E-state index in [0.29, 0.717) is 19.7 Å². The largest absolute Gasteiger partial charge is 0.471 e. The van der Waals surface area contributed by atoms with Crippen molar-refractivity contribution >= 4 is 18.3 Å². The molecular weight excluding hydrogens is 237 g/mol. The van der Waals surface area contributed by atoms with E-state index in [-0.39, 0.29) is 25.1 Å². The minimum atomic E-state index is -4.82. The Morgan fingerprint density at radius 2 is 2.20 bits per heavy atom. The molecule has 90 valence electrons. The van der Waals surface area contributed by atoms with Crippen molar-refractivity contribution in [1.29, 1.82) is 0 Å². The maximum absolute atomic E-state index is 11.7. The average molecular weight is 249 g/mol. The van der Waals surface area contributed by atoms with Crippen molar-refractivity contribution in [3.05, 3.63) is 0 Å². The number of rotatable bonds is 2. The Morgan fingerprint density at radius 1 is 1.53 bits per heavy atom. The van der Waals surface area contributed by atoms with Crippen LogP contribution in [-0.2, 0) is 9.53 Å². The van der Waals surface area contributed by atoms with Crippen LogP contribution in [0, 0.1) is 0 Å². The fraction of sp³-hybridized carbons (Fsp3) is 0.857. The number of carbonyl (C=O) groups is 1. The highest BCUT2D eigenvalue weighted by Gasteiger charge is 2.38. The van der Waals surface area contributed by atoms with Crippen LogP contribution in [0.5, 0.6) is 0 Å². The molecule has 1 unspecified atom stereocenters. The summed E-state index contributed by atoms with van der Waals surface area (Å²) in [6.07, 6.45) is -5.20. The molecule has 0 saturated carbocycles. The van der Waals surface area contributed by atoms with E-state index in [4.69, 9.17) is 4.74 Å². The summed E-state index contributed by atoms with van der Waals surface area (Å²) in [7, 11) is 0. The number of hydrogen-bond donors (Lipinski definition) is 2. The predicted octanol–water partition coefficient (Wildman–Crippen LogP) is 0.0751. The van der Waals surface area contributed by atoms with Crippen molar-refractivity contribution in [2.24, 2.45) is 0 Å². The Labute approximate surface area is 90.9 Å². The van der Waals surface area contributed by atoms with Gasteiger partial charge >= 0.3 is 12.1 Å². The highest BCUT2D eigenvalue weighted by atomic mass is 35.5. The lowest BCUT2D eigenvalue weighted by Gasteiger charge is -2.23. The Balaban J connectivity index is 0.00000196. The smallest absolute Gasteiger partial charge is 0.374 e. The molecule has 8 heteroatoms. The number of hydrogen-bond acceptors (Lipinski definition) is 3. The normalized spacial score (nSPS) is 21.7. The molecule has 1 fully saturated rings. The van der Waals surface area contributed by atoms with Crippen LogP contribution >= 0.6 is 12.4 Å². The minimum absolute atomic E-state index is 0. The number of morpholine rings is 1. The summed E-state index contributed by atoms with van der Waals surface area (Å²) in [6, 6.07) is 0. The molecule has 1 heterocycles. The Hall–Kier alpha value is -0.530. The monoisotopic (exact) mass is 248 g/mol. The number of amides is 1. The topological polar surface area (TPSA) is 50.4 Å². The van der Waals surface area contributed by atoms with Crippen LogP contribution in [0.2, 0.25) is 0 Å². The van der Waals surface area contributed by atoms with Crippen molar-refractivity contribution in [3.8, 4) is 0 Å². The summed E-state index contributed by atoms with van der Waals surface area (Å²) < 4.78 is 40.3. The van der Waals surface area contributed by atoms with Gasteiger partial charge in [0.25, 0.3) is 0 Å². The van der Waals surface area contributed by atoms with Crippen LogP contribution in [0.15, 0.2) is 0 Å². The van der Waals surface area contributed by atoms with Crippen LogP contribution in [0.25, 0.3) is 0 Å². The summed E-state index contributed by atoms with van der Waals surface area (Å²) in [5, 5.41) is 4.70. The van der Waals surface area contributed by atoms with Crippen LogP contribution in [0.4, 0.5) is 13.2 Å². The average Bonchev–Trinajstić information content (AvgIpc) is 2.14. The summed E-state index contributed by atoms with van der Waals surface area (Å²) in [5.41, 5.74) is 0. The molecule has 4 nitrogen and oxygen atoms in total. The van der Waals surface area contributed by atoms with Gasteiger partial charge in [-0.2, -0.15) is 13.2 Å². The molecule has 0 aromatic heterocycles. The number of halogens is 4. The van der Waals surface area contributed by atoms with Gasteiger partial charge in [-0.05, 0) is 0 Å². The standard InChI is InChI=1S/C7H11F3N2O2.ClH/c8-7(9,10)6(13)12-4-5-3-11-1-2-14-5;/h5,11H,1-4H2,(H,12,13);1H. The molecule has 2 N–H and O–H groups in total. The van der Waals surface area contributed by atoms with Crippen LogP contribution < -0.4 is 10.6 Å². The summed E-state index contributed by atoms with van der Waals surface area (Å²) in [5.74, 6) is -1.92. The van der Waals surface area contributed by atoms with E-state index < -0.39 is 12.1 Å². The third-order valence-corrected chi connectivity index (χ3v) is 1.75. The van der Waals surface area contributed by atoms with Gasteiger partial charge in [0.1, 0.15) is 0 Å². The molecular formula is C7H12ClF3N2O2. The SMILES string of the molecule is Cl.O=C(NCC1CNCCO1)C(F)(F)F. The van der Waals surface area contributed by atoms with E-state index in [9.17, 15) is 18.0 Å². The molecule has 0 aromatic carbocycles. The fourth-order valence-corrected chi connectivity index (χ4v) is 1.06.